The Morgan fingerprint density at radius 1 is 1.00 bits per heavy atom. The third-order valence-electron chi connectivity index (χ3n) is 4.10. The zero-order valence-corrected chi connectivity index (χ0v) is 11.2. The van der Waals surface area contributed by atoms with E-state index < -0.39 is 5.41 Å². The molecule has 21 heavy (non-hydrogen) atoms. The number of hydrogen-bond acceptors (Lipinski definition) is 4. The van der Waals surface area contributed by atoms with E-state index in [4.69, 9.17) is 0 Å². The molecular formula is C16H12N4O. The highest BCUT2D eigenvalue weighted by molar-refractivity contribution is 6.10. The van der Waals surface area contributed by atoms with Crippen LogP contribution in [0.5, 0.6) is 0 Å². The van der Waals surface area contributed by atoms with E-state index in [0.29, 0.717) is 12.2 Å². The highest BCUT2D eigenvalue weighted by Gasteiger charge is 2.51. The normalized spacial score (nSPS) is 20.5. The summed E-state index contributed by atoms with van der Waals surface area (Å²) in [6.07, 6.45) is 0.561. The van der Waals surface area contributed by atoms with Gasteiger partial charge in [0.25, 0.3) is 0 Å². The number of carbonyl (C=O) groups is 1. The number of tetrazole rings is 1. The second-order valence-corrected chi connectivity index (χ2v) is 5.17. The fourth-order valence-electron chi connectivity index (χ4n) is 3.10. The molecule has 0 saturated carbocycles. The number of nitrogens with zero attached hydrogens (tertiary/aromatic N) is 3. The Labute approximate surface area is 121 Å². The van der Waals surface area contributed by atoms with Crippen LogP contribution in [-0.4, -0.2) is 26.4 Å². The Balaban J connectivity index is 1.99. The van der Waals surface area contributed by atoms with Gasteiger partial charge in [0, 0.05) is 5.56 Å². The molecule has 1 aromatic heterocycles. The van der Waals surface area contributed by atoms with E-state index in [1.807, 2.05) is 54.6 Å². The van der Waals surface area contributed by atoms with E-state index in [1.165, 1.54) is 0 Å². The second-order valence-electron chi connectivity index (χ2n) is 5.17. The molecule has 0 fully saturated rings. The topological polar surface area (TPSA) is 71.5 Å². The van der Waals surface area contributed by atoms with Crippen molar-refractivity contribution < 1.29 is 4.79 Å². The lowest BCUT2D eigenvalue weighted by Crippen LogP contribution is -2.36. The van der Waals surface area contributed by atoms with Crippen LogP contribution in [0.4, 0.5) is 0 Å². The number of H-pyrrole nitrogens is 1. The van der Waals surface area contributed by atoms with Gasteiger partial charge in [-0.3, -0.25) is 4.79 Å². The zero-order valence-electron chi connectivity index (χ0n) is 11.2. The van der Waals surface area contributed by atoms with Gasteiger partial charge in [0.1, 0.15) is 5.41 Å². The Morgan fingerprint density at radius 2 is 1.76 bits per heavy atom. The fourth-order valence-corrected chi connectivity index (χ4v) is 3.10. The monoisotopic (exact) mass is 276 g/mol. The molecule has 1 aliphatic rings. The lowest BCUT2D eigenvalue weighted by atomic mass is 9.76. The third-order valence-corrected chi connectivity index (χ3v) is 4.10. The number of Topliss-reactive ketones (excluding diaryl/α,β-unsaturated/α-hetero) is 1. The molecule has 2 aromatic carbocycles. The maximum absolute atomic E-state index is 13.1. The molecule has 102 valence electrons. The van der Waals surface area contributed by atoms with Crippen LogP contribution >= 0.6 is 0 Å². The van der Waals surface area contributed by atoms with E-state index in [9.17, 15) is 4.79 Å². The third kappa shape index (κ3) is 1.57. The molecule has 0 aliphatic heterocycles. The quantitative estimate of drug-likeness (QED) is 0.776. The average Bonchev–Trinajstić information content (AvgIpc) is 3.16. The van der Waals surface area contributed by atoms with E-state index >= 15 is 0 Å². The molecule has 5 nitrogen and oxygen atoms in total. The molecule has 0 saturated heterocycles. The second kappa shape index (κ2) is 4.34. The number of rotatable bonds is 2. The predicted molar refractivity (Wildman–Crippen MR) is 75.9 cm³/mol. The van der Waals surface area contributed by atoms with Gasteiger partial charge in [-0.15, -0.1) is 10.2 Å². The van der Waals surface area contributed by atoms with Crippen molar-refractivity contribution in [1.82, 2.24) is 20.6 Å². The summed E-state index contributed by atoms with van der Waals surface area (Å²) in [5.74, 6) is 0.459. The predicted octanol–water partition coefficient (Wildman–Crippen LogP) is 1.92. The lowest BCUT2D eigenvalue weighted by Gasteiger charge is -2.24. The first-order valence-electron chi connectivity index (χ1n) is 6.74. The first kappa shape index (κ1) is 12.0. The van der Waals surface area contributed by atoms with Gasteiger partial charge >= 0.3 is 0 Å². The summed E-state index contributed by atoms with van der Waals surface area (Å²) < 4.78 is 0. The Hall–Kier alpha value is -2.82. The van der Waals surface area contributed by atoms with Gasteiger partial charge in [-0.1, -0.05) is 59.8 Å². The SMILES string of the molecule is O=C1c2ccccc2CC1(c1ccccc1)c1nn[nH]n1. The van der Waals surface area contributed by atoms with Crippen LogP contribution in [0.1, 0.15) is 27.3 Å². The number of nitrogens with one attached hydrogen (secondary N) is 1. The molecule has 5 heteroatoms. The number of hydrogen-bond donors (Lipinski definition) is 1. The number of ketones is 1. The van der Waals surface area contributed by atoms with Crippen LogP contribution < -0.4 is 0 Å². The van der Waals surface area contributed by atoms with Crippen LogP contribution in [0, 0.1) is 0 Å². The first-order chi connectivity index (χ1) is 10.3. The molecule has 0 spiro atoms. The molecule has 3 aromatic rings. The molecule has 1 heterocycles. The number of fused-ring (bicyclic) bond motifs is 1. The van der Waals surface area contributed by atoms with Crippen LogP contribution in [0.15, 0.2) is 54.6 Å². The standard InChI is InChI=1S/C16H12N4O/c21-14-13-9-5-4-6-11(13)10-16(14,15-17-19-20-18-15)12-7-2-1-3-8-12/h1-9H,10H2,(H,17,18,19,20). The van der Waals surface area contributed by atoms with Crippen molar-refractivity contribution in [3.8, 4) is 0 Å². The van der Waals surface area contributed by atoms with Crippen molar-refractivity contribution in [3.05, 3.63) is 77.1 Å². The van der Waals surface area contributed by atoms with Crippen molar-refractivity contribution in [3.63, 3.8) is 0 Å². The van der Waals surface area contributed by atoms with Crippen molar-refractivity contribution >= 4 is 5.78 Å². The lowest BCUT2D eigenvalue weighted by molar-refractivity contribution is 0.0924. The van der Waals surface area contributed by atoms with Crippen molar-refractivity contribution in [2.45, 2.75) is 11.8 Å². The van der Waals surface area contributed by atoms with Crippen molar-refractivity contribution in [1.29, 1.82) is 0 Å². The fraction of sp³-hybridized carbons (Fsp3) is 0.125. The molecule has 1 N–H and O–H groups in total. The first-order valence-corrected chi connectivity index (χ1v) is 6.74. The van der Waals surface area contributed by atoms with Gasteiger partial charge in [0.2, 0.25) is 0 Å². The van der Waals surface area contributed by atoms with Gasteiger partial charge in [0.15, 0.2) is 11.6 Å². The Kier molecular flexibility index (Phi) is 2.47. The molecule has 0 bridgehead atoms. The molecule has 1 aliphatic carbocycles. The summed E-state index contributed by atoms with van der Waals surface area (Å²) in [5.41, 5.74) is 1.78. The molecule has 0 amide bonds. The van der Waals surface area contributed by atoms with Crippen LogP contribution in [0.2, 0.25) is 0 Å². The summed E-state index contributed by atoms with van der Waals surface area (Å²) >= 11 is 0. The van der Waals surface area contributed by atoms with Crippen LogP contribution in [0.3, 0.4) is 0 Å². The minimum Gasteiger partial charge on any atom is -0.293 e. The van der Waals surface area contributed by atoms with E-state index in [-0.39, 0.29) is 5.78 Å². The highest BCUT2D eigenvalue weighted by atomic mass is 16.1. The average molecular weight is 276 g/mol. The van der Waals surface area contributed by atoms with Crippen LogP contribution in [0.25, 0.3) is 0 Å². The van der Waals surface area contributed by atoms with E-state index in [2.05, 4.69) is 20.6 Å². The largest absolute Gasteiger partial charge is 0.293 e. The maximum atomic E-state index is 13.1. The summed E-state index contributed by atoms with van der Waals surface area (Å²) in [6.45, 7) is 0. The minimum absolute atomic E-state index is 0.0331. The number of aromatic nitrogens is 4. The number of carbonyl (C=O) groups excluding carboxylic acids is 1. The summed E-state index contributed by atoms with van der Waals surface area (Å²) in [4.78, 5) is 13.1. The van der Waals surface area contributed by atoms with E-state index in [1.54, 1.807) is 0 Å². The van der Waals surface area contributed by atoms with Gasteiger partial charge in [-0.05, 0) is 17.5 Å². The highest BCUT2D eigenvalue weighted by Crippen LogP contribution is 2.42. The summed E-state index contributed by atoms with van der Waals surface area (Å²) in [6, 6.07) is 17.3. The molecule has 0 radical (unpaired) electrons. The summed E-state index contributed by atoms with van der Waals surface area (Å²) in [5, 5.41) is 14.3. The number of benzene rings is 2. The van der Waals surface area contributed by atoms with E-state index in [0.717, 1.165) is 16.7 Å². The molecule has 1 atom stereocenters. The maximum Gasteiger partial charge on any atom is 0.193 e. The smallest absolute Gasteiger partial charge is 0.193 e. The zero-order chi connectivity index (χ0) is 14.3. The van der Waals surface area contributed by atoms with Crippen molar-refractivity contribution in [2.75, 3.05) is 0 Å². The van der Waals surface area contributed by atoms with Crippen LogP contribution in [-0.2, 0) is 11.8 Å². The minimum atomic E-state index is -0.877. The number of aromatic amines is 1. The van der Waals surface area contributed by atoms with Gasteiger partial charge in [0.05, 0.1) is 0 Å². The van der Waals surface area contributed by atoms with Gasteiger partial charge in [-0.2, -0.15) is 5.21 Å². The Morgan fingerprint density at radius 3 is 2.48 bits per heavy atom. The van der Waals surface area contributed by atoms with Gasteiger partial charge in [-0.25, -0.2) is 0 Å². The molecular weight excluding hydrogens is 264 g/mol. The van der Waals surface area contributed by atoms with Crippen molar-refractivity contribution in [2.24, 2.45) is 0 Å². The van der Waals surface area contributed by atoms with Gasteiger partial charge < -0.3 is 0 Å². The Bertz CT molecular complexity index is 798. The summed E-state index contributed by atoms with van der Waals surface area (Å²) in [7, 11) is 0. The molecule has 1 unspecified atom stereocenters. The molecule has 4 rings (SSSR count).